The van der Waals surface area contributed by atoms with E-state index < -0.39 is 0 Å². The van der Waals surface area contributed by atoms with Gasteiger partial charge in [0.2, 0.25) is 5.91 Å². The molecule has 0 aromatic rings. The van der Waals surface area contributed by atoms with Crippen LogP contribution in [0.15, 0.2) is 0 Å². The molecule has 0 aliphatic carbocycles. The van der Waals surface area contributed by atoms with Crippen molar-refractivity contribution in [2.24, 2.45) is 5.92 Å². The average Bonchev–Trinajstić information content (AvgIpc) is 2.48. The predicted octanol–water partition coefficient (Wildman–Crippen LogP) is -0.275. The number of methoxy groups -OCH3 is 1. The number of piperidine rings is 1. The Morgan fingerprint density at radius 3 is 2.50 bits per heavy atom. The number of hydrogen-bond acceptors (Lipinski definition) is 5. The second kappa shape index (κ2) is 8.44. The molecular weight excluding hydrogens is 282 g/mol. The van der Waals surface area contributed by atoms with Crippen LogP contribution in [0.5, 0.6) is 0 Å². The minimum Gasteiger partial charge on any atom is -0.468 e. The summed E-state index contributed by atoms with van der Waals surface area (Å²) < 4.78 is 4.65. The zero-order chi connectivity index (χ0) is 13.7. The summed E-state index contributed by atoms with van der Waals surface area (Å²) in [5.41, 5.74) is 0. The van der Waals surface area contributed by atoms with Gasteiger partial charge in [-0.2, -0.15) is 0 Å². The quantitative estimate of drug-likeness (QED) is 0.727. The van der Waals surface area contributed by atoms with E-state index in [-0.39, 0.29) is 30.2 Å². The van der Waals surface area contributed by atoms with E-state index in [0.29, 0.717) is 19.6 Å². The Morgan fingerprint density at radius 2 is 1.95 bits per heavy atom. The number of halogens is 1. The number of esters is 1. The molecule has 1 amide bonds. The lowest BCUT2D eigenvalue weighted by Crippen LogP contribution is -2.52. The van der Waals surface area contributed by atoms with E-state index in [1.54, 1.807) is 0 Å². The van der Waals surface area contributed by atoms with Crippen LogP contribution in [0.2, 0.25) is 0 Å². The van der Waals surface area contributed by atoms with Crippen molar-refractivity contribution < 1.29 is 14.3 Å². The molecule has 2 aliphatic heterocycles. The predicted molar refractivity (Wildman–Crippen MR) is 77.9 cm³/mol. The van der Waals surface area contributed by atoms with E-state index in [9.17, 15) is 9.59 Å². The van der Waals surface area contributed by atoms with Crippen LogP contribution in [0, 0.1) is 5.92 Å². The summed E-state index contributed by atoms with van der Waals surface area (Å²) in [6, 6.07) is 0. The molecule has 0 aromatic carbocycles. The first-order valence-electron chi connectivity index (χ1n) is 6.99. The highest BCUT2D eigenvalue weighted by Crippen LogP contribution is 2.15. The van der Waals surface area contributed by atoms with Gasteiger partial charge >= 0.3 is 5.97 Å². The van der Waals surface area contributed by atoms with Gasteiger partial charge in [-0.3, -0.25) is 14.5 Å². The maximum absolute atomic E-state index is 12.3. The fourth-order valence-electron chi connectivity index (χ4n) is 2.69. The standard InChI is InChI=1S/C13H23N3O3.ClH/c1-19-12(17)10-15-5-7-16(8-6-15)13(18)11-3-2-4-14-9-11;/h11,14H,2-10H2,1H3;1H. The molecule has 0 aromatic heterocycles. The lowest BCUT2D eigenvalue weighted by atomic mass is 9.98. The molecule has 0 radical (unpaired) electrons. The van der Waals surface area contributed by atoms with Crippen molar-refractivity contribution in [1.82, 2.24) is 15.1 Å². The lowest BCUT2D eigenvalue weighted by Gasteiger charge is -2.36. The Kier molecular flexibility index (Phi) is 7.26. The second-order valence-electron chi connectivity index (χ2n) is 5.22. The molecule has 116 valence electrons. The minimum absolute atomic E-state index is 0. The van der Waals surface area contributed by atoms with Crippen LogP contribution >= 0.6 is 12.4 Å². The molecule has 1 unspecified atom stereocenters. The van der Waals surface area contributed by atoms with Gasteiger partial charge in [0.25, 0.3) is 0 Å². The summed E-state index contributed by atoms with van der Waals surface area (Å²) in [7, 11) is 1.40. The maximum Gasteiger partial charge on any atom is 0.319 e. The molecule has 2 aliphatic rings. The fraction of sp³-hybridized carbons (Fsp3) is 0.846. The van der Waals surface area contributed by atoms with Crippen LogP contribution in [-0.4, -0.2) is 74.6 Å². The first-order chi connectivity index (χ1) is 9.20. The minimum atomic E-state index is -0.212. The number of amides is 1. The Hall–Kier alpha value is -0.850. The highest BCUT2D eigenvalue weighted by atomic mass is 35.5. The second-order valence-corrected chi connectivity index (χ2v) is 5.22. The molecule has 2 saturated heterocycles. The lowest BCUT2D eigenvalue weighted by molar-refractivity contribution is -0.143. The van der Waals surface area contributed by atoms with Gasteiger partial charge in [-0.1, -0.05) is 0 Å². The van der Waals surface area contributed by atoms with Crippen molar-refractivity contribution in [2.75, 3.05) is 52.9 Å². The number of nitrogens with one attached hydrogen (secondary N) is 1. The first kappa shape index (κ1) is 17.2. The molecule has 2 heterocycles. The van der Waals surface area contributed by atoms with Crippen LogP contribution in [0.1, 0.15) is 12.8 Å². The zero-order valence-corrected chi connectivity index (χ0v) is 12.8. The molecule has 0 spiro atoms. The Labute approximate surface area is 126 Å². The van der Waals surface area contributed by atoms with E-state index >= 15 is 0 Å². The summed E-state index contributed by atoms with van der Waals surface area (Å²) in [5, 5.41) is 3.28. The van der Waals surface area contributed by atoms with E-state index in [1.807, 2.05) is 9.80 Å². The summed E-state index contributed by atoms with van der Waals surface area (Å²) in [6.07, 6.45) is 2.08. The molecule has 1 N–H and O–H groups in total. The Morgan fingerprint density at radius 1 is 1.25 bits per heavy atom. The van der Waals surface area contributed by atoms with Crippen molar-refractivity contribution >= 4 is 24.3 Å². The number of rotatable bonds is 3. The van der Waals surface area contributed by atoms with Gasteiger partial charge in [0.15, 0.2) is 0 Å². The summed E-state index contributed by atoms with van der Waals surface area (Å²) >= 11 is 0. The highest BCUT2D eigenvalue weighted by molar-refractivity contribution is 5.85. The molecule has 7 heteroatoms. The average molecular weight is 306 g/mol. The van der Waals surface area contributed by atoms with Gasteiger partial charge in [-0.15, -0.1) is 12.4 Å². The molecular formula is C13H24ClN3O3. The number of ether oxygens (including phenoxy) is 1. The van der Waals surface area contributed by atoms with Crippen molar-refractivity contribution in [3.05, 3.63) is 0 Å². The zero-order valence-electron chi connectivity index (χ0n) is 12.0. The Balaban J connectivity index is 0.00000200. The van der Waals surface area contributed by atoms with Gasteiger partial charge < -0.3 is 15.0 Å². The van der Waals surface area contributed by atoms with Crippen LogP contribution in [-0.2, 0) is 14.3 Å². The van der Waals surface area contributed by atoms with E-state index in [2.05, 4.69) is 10.1 Å². The van der Waals surface area contributed by atoms with Gasteiger partial charge in [-0.25, -0.2) is 0 Å². The van der Waals surface area contributed by atoms with Crippen LogP contribution < -0.4 is 5.32 Å². The third-order valence-electron chi connectivity index (χ3n) is 3.91. The smallest absolute Gasteiger partial charge is 0.319 e. The van der Waals surface area contributed by atoms with Crippen molar-refractivity contribution in [1.29, 1.82) is 0 Å². The molecule has 1 atom stereocenters. The number of carbonyl (C=O) groups excluding carboxylic acids is 2. The van der Waals surface area contributed by atoms with Gasteiger partial charge in [0, 0.05) is 32.7 Å². The van der Waals surface area contributed by atoms with Crippen LogP contribution in [0.25, 0.3) is 0 Å². The normalized spacial score (nSPS) is 23.9. The molecule has 0 bridgehead atoms. The number of hydrogen-bond donors (Lipinski definition) is 1. The van der Waals surface area contributed by atoms with E-state index in [1.165, 1.54) is 7.11 Å². The number of nitrogens with zero attached hydrogens (tertiary/aromatic N) is 2. The van der Waals surface area contributed by atoms with Gasteiger partial charge in [-0.05, 0) is 19.4 Å². The third-order valence-corrected chi connectivity index (χ3v) is 3.91. The SMILES string of the molecule is COC(=O)CN1CCN(C(=O)C2CCCNC2)CC1.Cl. The topological polar surface area (TPSA) is 61.9 Å². The van der Waals surface area contributed by atoms with E-state index in [0.717, 1.165) is 39.0 Å². The first-order valence-corrected chi connectivity index (χ1v) is 6.99. The van der Waals surface area contributed by atoms with Crippen LogP contribution in [0.3, 0.4) is 0 Å². The third kappa shape index (κ3) is 4.61. The largest absolute Gasteiger partial charge is 0.468 e. The summed E-state index contributed by atoms with van der Waals surface area (Å²) in [4.78, 5) is 27.5. The summed E-state index contributed by atoms with van der Waals surface area (Å²) in [6.45, 7) is 5.09. The van der Waals surface area contributed by atoms with Gasteiger partial charge in [0.05, 0.1) is 19.6 Å². The Bertz CT molecular complexity index is 327. The monoisotopic (exact) mass is 305 g/mol. The van der Waals surface area contributed by atoms with Crippen molar-refractivity contribution in [2.45, 2.75) is 12.8 Å². The van der Waals surface area contributed by atoms with Crippen molar-refractivity contribution in [3.63, 3.8) is 0 Å². The molecule has 6 nitrogen and oxygen atoms in total. The number of piperazine rings is 1. The van der Waals surface area contributed by atoms with Crippen LogP contribution in [0.4, 0.5) is 0 Å². The molecule has 0 saturated carbocycles. The fourth-order valence-corrected chi connectivity index (χ4v) is 2.69. The van der Waals surface area contributed by atoms with Crippen molar-refractivity contribution in [3.8, 4) is 0 Å². The van der Waals surface area contributed by atoms with E-state index in [4.69, 9.17) is 0 Å². The molecule has 2 rings (SSSR count). The highest BCUT2D eigenvalue weighted by Gasteiger charge is 2.28. The maximum atomic E-state index is 12.3. The van der Waals surface area contributed by atoms with Gasteiger partial charge in [0.1, 0.15) is 0 Å². The molecule has 2 fully saturated rings. The summed E-state index contributed by atoms with van der Waals surface area (Å²) in [5.74, 6) is 0.196. The number of carbonyl (C=O) groups is 2. The molecule has 20 heavy (non-hydrogen) atoms.